The van der Waals surface area contributed by atoms with Crippen molar-refractivity contribution >= 4 is 29.2 Å². The standard InChI is InChI=1S/C4H6Cl2O2/c1-4(6,2-5)3(7)8/h2H2,1H3,(H,7,8). The summed E-state index contributed by atoms with van der Waals surface area (Å²) in [4.78, 5) is 8.73. The summed E-state index contributed by atoms with van der Waals surface area (Å²) >= 11 is 10.5. The van der Waals surface area contributed by atoms with Crippen molar-refractivity contribution in [3.05, 3.63) is 0 Å². The highest BCUT2D eigenvalue weighted by atomic mass is 35.5. The number of hydrogen-bond donors (Lipinski definition) is 1. The minimum atomic E-state index is -1.30. The molecule has 1 unspecified atom stereocenters. The zero-order valence-corrected chi connectivity index (χ0v) is 5.83. The largest absolute Gasteiger partial charge is 0.480 e. The molecule has 0 aromatic rings. The lowest BCUT2D eigenvalue weighted by molar-refractivity contribution is -0.139. The summed E-state index contributed by atoms with van der Waals surface area (Å²) in [6.45, 7) is 1.35. The van der Waals surface area contributed by atoms with E-state index in [1.807, 2.05) is 0 Å². The molecule has 0 fully saturated rings. The molecule has 0 saturated heterocycles. The van der Waals surface area contributed by atoms with Crippen LogP contribution in [0.1, 0.15) is 6.92 Å². The van der Waals surface area contributed by atoms with Crippen molar-refractivity contribution in [2.45, 2.75) is 11.8 Å². The van der Waals surface area contributed by atoms with Crippen LogP contribution in [-0.4, -0.2) is 21.8 Å². The summed E-state index contributed by atoms with van der Waals surface area (Å²) in [5, 5.41) is 8.22. The van der Waals surface area contributed by atoms with Crippen LogP contribution in [0, 0.1) is 0 Å². The fraction of sp³-hybridized carbons (Fsp3) is 0.750. The lowest BCUT2D eigenvalue weighted by Gasteiger charge is -2.10. The highest BCUT2D eigenvalue weighted by molar-refractivity contribution is 6.38. The molecule has 0 aromatic carbocycles. The fourth-order valence-corrected chi connectivity index (χ4v) is 0.171. The van der Waals surface area contributed by atoms with Crippen molar-refractivity contribution in [2.24, 2.45) is 0 Å². The number of aliphatic carboxylic acids is 1. The third kappa shape index (κ3) is 1.88. The van der Waals surface area contributed by atoms with Gasteiger partial charge in [-0.3, -0.25) is 4.79 Å². The molecule has 1 N–H and O–H groups in total. The van der Waals surface area contributed by atoms with E-state index >= 15 is 0 Å². The monoisotopic (exact) mass is 156 g/mol. The van der Waals surface area contributed by atoms with Crippen LogP contribution >= 0.6 is 23.2 Å². The highest BCUT2D eigenvalue weighted by Gasteiger charge is 2.28. The zero-order valence-electron chi connectivity index (χ0n) is 4.32. The van der Waals surface area contributed by atoms with Gasteiger partial charge in [-0.05, 0) is 6.92 Å². The van der Waals surface area contributed by atoms with Crippen molar-refractivity contribution in [3.8, 4) is 0 Å². The van der Waals surface area contributed by atoms with Crippen LogP contribution in [0.2, 0.25) is 0 Å². The first kappa shape index (κ1) is 8.05. The van der Waals surface area contributed by atoms with Crippen LogP contribution in [-0.2, 0) is 4.79 Å². The molecular formula is C4H6Cl2O2. The molecule has 0 heterocycles. The maximum absolute atomic E-state index is 10.0. The smallest absolute Gasteiger partial charge is 0.325 e. The Hall–Kier alpha value is 0.0500. The van der Waals surface area contributed by atoms with Gasteiger partial charge in [0, 0.05) is 0 Å². The summed E-state index contributed by atoms with van der Waals surface area (Å²) in [6.07, 6.45) is 0. The number of carboxylic acids is 1. The normalized spacial score (nSPS) is 17.4. The summed E-state index contributed by atoms with van der Waals surface area (Å²) in [5.74, 6) is -1.17. The van der Waals surface area contributed by atoms with Gasteiger partial charge in [0.05, 0.1) is 5.88 Å². The molecule has 0 rings (SSSR count). The second-order valence-electron chi connectivity index (χ2n) is 1.64. The summed E-state index contributed by atoms with van der Waals surface area (Å²) in [6, 6.07) is 0. The summed E-state index contributed by atoms with van der Waals surface area (Å²) in [7, 11) is 0. The highest BCUT2D eigenvalue weighted by Crippen LogP contribution is 2.15. The van der Waals surface area contributed by atoms with Crippen molar-refractivity contribution < 1.29 is 9.90 Å². The van der Waals surface area contributed by atoms with Crippen LogP contribution in [0.15, 0.2) is 0 Å². The van der Waals surface area contributed by atoms with E-state index in [0.717, 1.165) is 0 Å². The molecule has 48 valence electrons. The minimum absolute atomic E-state index is 0.0795. The van der Waals surface area contributed by atoms with Gasteiger partial charge in [-0.1, -0.05) is 0 Å². The third-order valence-corrected chi connectivity index (χ3v) is 1.66. The molecule has 0 aliphatic carbocycles. The van der Waals surface area contributed by atoms with Crippen molar-refractivity contribution in [1.29, 1.82) is 0 Å². The van der Waals surface area contributed by atoms with Crippen molar-refractivity contribution in [2.75, 3.05) is 5.88 Å². The van der Waals surface area contributed by atoms with E-state index in [4.69, 9.17) is 28.3 Å². The second-order valence-corrected chi connectivity index (χ2v) is 2.74. The Kier molecular flexibility index (Phi) is 2.57. The number of hydrogen-bond acceptors (Lipinski definition) is 1. The second kappa shape index (κ2) is 2.55. The first-order chi connectivity index (χ1) is 3.50. The third-order valence-electron chi connectivity index (χ3n) is 0.697. The first-order valence-electron chi connectivity index (χ1n) is 1.99. The minimum Gasteiger partial charge on any atom is -0.480 e. The number of halogens is 2. The van der Waals surface area contributed by atoms with Gasteiger partial charge >= 0.3 is 5.97 Å². The number of rotatable bonds is 2. The van der Waals surface area contributed by atoms with Crippen LogP contribution in [0.4, 0.5) is 0 Å². The molecule has 1 atom stereocenters. The fourth-order valence-electron chi connectivity index (χ4n) is 0.0572. The molecule has 0 amide bonds. The van der Waals surface area contributed by atoms with Gasteiger partial charge in [-0.15, -0.1) is 23.2 Å². The van der Waals surface area contributed by atoms with Gasteiger partial charge in [0.15, 0.2) is 4.87 Å². The predicted octanol–water partition coefficient (Wildman–Crippen LogP) is 1.31. The maximum Gasteiger partial charge on any atom is 0.325 e. The summed E-state index contributed by atoms with van der Waals surface area (Å²) in [5.41, 5.74) is 0. The van der Waals surface area contributed by atoms with Gasteiger partial charge in [0.1, 0.15) is 0 Å². The Labute approximate surface area is 57.4 Å². The van der Waals surface area contributed by atoms with E-state index in [1.54, 1.807) is 0 Å². The van der Waals surface area contributed by atoms with E-state index in [9.17, 15) is 4.79 Å². The van der Waals surface area contributed by atoms with E-state index in [0.29, 0.717) is 0 Å². The van der Waals surface area contributed by atoms with Crippen LogP contribution in [0.25, 0.3) is 0 Å². The van der Waals surface area contributed by atoms with Gasteiger partial charge < -0.3 is 5.11 Å². The van der Waals surface area contributed by atoms with E-state index < -0.39 is 10.8 Å². The number of carbonyl (C=O) groups is 1. The molecule has 0 aliphatic rings. The molecule has 8 heavy (non-hydrogen) atoms. The van der Waals surface area contributed by atoms with E-state index in [1.165, 1.54) is 6.92 Å². The Balaban J connectivity index is 3.91. The molecule has 0 saturated carbocycles. The molecule has 4 heteroatoms. The first-order valence-corrected chi connectivity index (χ1v) is 2.90. The Morgan fingerprint density at radius 2 is 2.25 bits per heavy atom. The van der Waals surface area contributed by atoms with Crippen molar-refractivity contribution in [1.82, 2.24) is 0 Å². The number of alkyl halides is 2. The van der Waals surface area contributed by atoms with Gasteiger partial charge in [-0.2, -0.15) is 0 Å². The quantitative estimate of drug-likeness (QED) is 0.613. The molecule has 2 nitrogen and oxygen atoms in total. The average molecular weight is 157 g/mol. The van der Waals surface area contributed by atoms with Crippen molar-refractivity contribution in [3.63, 3.8) is 0 Å². The maximum atomic E-state index is 10.0. The average Bonchev–Trinajstić information content (AvgIpc) is 1.67. The Bertz CT molecular complexity index is 100. The van der Waals surface area contributed by atoms with Gasteiger partial charge in [0.2, 0.25) is 0 Å². The lowest BCUT2D eigenvalue weighted by atomic mass is 10.2. The molecular weight excluding hydrogens is 151 g/mol. The Morgan fingerprint density at radius 1 is 1.88 bits per heavy atom. The number of carboxylic acid groups (broad SMARTS) is 1. The van der Waals surface area contributed by atoms with Gasteiger partial charge in [-0.25, -0.2) is 0 Å². The Morgan fingerprint density at radius 3 is 2.25 bits per heavy atom. The summed E-state index contributed by atoms with van der Waals surface area (Å²) < 4.78 is 0. The SMILES string of the molecule is CC(Cl)(CCl)C(=O)O. The zero-order chi connectivity index (χ0) is 6.78. The molecule has 0 bridgehead atoms. The lowest BCUT2D eigenvalue weighted by Crippen LogP contribution is -2.29. The van der Waals surface area contributed by atoms with Crippen LogP contribution in [0.3, 0.4) is 0 Å². The topological polar surface area (TPSA) is 37.3 Å². The molecule has 0 aromatic heterocycles. The van der Waals surface area contributed by atoms with Crippen LogP contribution < -0.4 is 0 Å². The van der Waals surface area contributed by atoms with E-state index in [-0.39, 0.29) is 5.88 Å². The van der Waals surface area contributed by atoms with E-state index in [2.05, 4.69) is 0 Å². The molecule has 0 radical (unpaired) electrons. The van der Waals surface area contributed by atoms with Crippen LogP contribution in [0.5, 0.6) is 0 Å². The van der Waals surface area contributed by atoms with Gasteiger partial charge in [0.25, 0.3) is 0 Å². The molecule has 0 aliphatic heterocycles. The predicted molar refractivity (Wildman–Crippen MR) is 32.6 cm³/mol. The molecule has 0 spiro atoms.